The van der Waals surface area contributed by atoms with Crippen molar-refractivity contribution in [3.05, 3.63) is 58.9 Å². The van der Waals surface area contributed by atoms with Gasteiger partial charge in [-0.2, -0.15) is 0 Å². The first-order valence-electron chi connectivity index (χ1n) is 10.5. The molecule has 0 saturated carbocycles. The number of fused-ring (bicyclic) bond motifs is 1. The second kappa shape index (κ2) is 8.82. The van der Waals surface area contributed by atoms with Crippen molar-refractivity contribution in [1.82, 2.24) is 19.8 Å². The van der Waals surface area contributed by atoms with Gasteiger partial charge in [-0.1, -0.05) is 0 Å². The van der Waals surface area contributed by atoms with Gasteiger partial charge in [0.25, 0.3) is 11.8 Å². The van der Waals surface area contributed by atoms with E-state index in [-0.39, 0.29) is 11.8 Å². The molecule has 0 bridgehead atoms. The second-order valence-corrected chi connectivity index (χ2v) is 7.75. The fourth-order valence-corrected chi connectivity index (χ4v) is 3.81. The SMILES string of the molecule is COc1ccc(C(=O)N2CCN(C(=O)c3ccc4nc(C)c(C)nc4c3)CC2)cc1OC. The molecule has 1 fully saturated rings. The number of aryl methyl sites for hydroxylation is 2. The minimum Gasteiger partial charge on any atom is -0.493 e. The number of hydrogen-bond acceptors (Lipinski definition) is 6. The van der Waals surface area contributed by atoms with Gasteiger partial charge >= 0.3 is 0 Å². The Bertz CT molecular complexity index is 1190. The lowest BCUT2D eigenvalue weighted by Crippen LogP contribution is -2.50. The Labute approximate surface area is 186 Å². The average molecular weight is 434 g/mol. The molecule has 0 N–H and O–H groups in total. The van der Waals surface area contributed by atoms with Crippen LogP contribution in [-0.4, -0.2) is 72.0 Å². The van der Waals surface area contributed by atoms with E-state index in [0.29, 0.717) is 54.3 Å². The summed E-state index contributed by atoms with van der Waals surface area (Å²) in [5.74, 6) is 0.928. The Morgan fingerprint density at radius 1 is 0.719 bits per heavy atom. The average Bonchev–Trinajstić information content (AvgIpc) is 2.83. The van der Waals surface area contributed by atoms with Gasteiger partial charge in [0, 0.05) is 37.3 Å². The van der Waals surface area contributed by atoms with Crippen molar-refractivity contribution in [2.24, 2.45) is 0 Å². The molecule has 0 spiro atoms. The number of piperazine rings is 1. The molecule has 1 saturated heterocycles. The molecule has 2 aromatic carbocycles. The lowest BCUT2D eigenvalue weighted by atomic mass is 10.1. The molecule has 2 amide bonds. The van der Waals surface area contributed by atoms with Gasteiger partial charge in [0.15, 0.2) is 11.5 Å². The van der Waals surface area contributed by atoms with Gasteiger partial charge in [0.2, 0.25) is 0 Å². The van der Waals surface area contributed by atoms with Crippen molar-refractivity contribution < 1.29 is 19.1 Å². The molecular formula is C24H26N4O4. The largest absolute Gasteiger partial charge is 0.493 e. The van der Waals surface area contributed by atoms with E-state index in [1.54, 1.807) is 47.2 Å². The van der Waals surface area contributed by atoms with Crippen LogP contribution in [-0.2, 0) is 0 Å². The third kappa shape index (κ3) is 4.08. The van der Waals surface area contributed by atoms with Crippen LogP contribution in [0.2, 0.25) is 0 Å². The summed E-state index contributed by atoms with van der Waals surface area (Å²) in [6.07, 6.45) is 0. The van der Waals surface area contributed by atoms with Gasteiger partial charge in [-0.15, -0.1) is 0 Å². The Morgan fingerprint density at radius 2 is 1.22 bits per heavy atom. The predicted molar refractivity (Wildman–Crippen MR) is 120 cm³/mol. The predicted octanol–water partition coefficient (Wildman–Crippen LogP) is 2.86. The molecular weight excluding hydrogens is 408 g/mol. The monoisotopic (exact) mass is 434 g/mol. The number of carbonyl (C=O) groups is 2. The summed E-state index contributed by atoms with van der Waals surface area (Å²) in [4.78, 5) is 38.6. The number of ether oxygens (including phenoxy) is 2. The summed E-state index contributed by atoms with van der Waals surface area (Å²) in [6, 6.07) is 10.5. The van der Waals surface area contributed by atoms with Crippen molar-refractivity contribution in [2.75, 3.05) is 40.4 Å². The van der Waals surface area contributed by atoms with Crippen molar-refractivity contribution in [1.29, 1.82) is 0 Å². The van der Waals surface area contributed by atoms with E-state index in [4.69, 9.17) is 9.47 Å². The highest BCUT2D eigenvalue weighted by Crippen LogP contribution is 2.28. The number of carbonyl (C=O) groups excluding carboxylic acids is 2. The molecule has 2 heterocycles. The van der Waals surface area contributed by atoms with Crippen LogP contribution in [0.1, 0.15) is 32.1 Å². The standard InChI is InChI=1S/C24H26N4O4/c1-15-16(2)26-20-13-17(5-7-19(20)25-15)23(29)27-9-11-28(12-10-27)24(30)18-6-8-21(31-3)22(14-18)32-4/h5-8,13-14H,9-12H2,1-4H3. The van der Waals surface area contributed by atoms with E-state index in [1.807, 2.05) is 19.9 Å². The minimum atomic E-state index is -0.0927. The number of amides is 2. The van der Waals surface area contributed by atoms with Crippen LogP contribution in [0.4, 0.5) is 0 Å². The van der Waals surface area contributed by atoms with Gasteiger partial charge in [-0.3, -0.25) is 9.59 Å². The van der Waals surface area contributed by atoms with Crippen LogP contribution in [0, 0.1) is 13.8 Å². The van der Waals surface area contributed by atoms with E-state index in [9.17, 15) is 9.59 Å². The topological polar surface area (TPSA) is 84.9 Å². The summed E-state index contributed by atoms with van der Waals surface area (Å²) in [7, 11) is 3.09. The zero-order valence-electron chi connectivity index (χ0n) is 18.7. The number of rotatable bonds is 4. The minimum absolute atomic E-state index is 0.0647. The molecule has 1 aromatic heterocycles. The highest BCUT2D eigenvalue weighted by atomic mass is 16.5. The van der Waals surface area contributed by atoms with E-state index in [0.717, 1.165) is 16.9 Å². The maximum atomic E-state index is 13.0. The van der Waals surface area contributed by atoms with Crippen LogP contribution in [0.5, 0.6) is 11.5 Å². The number of benzene rings is 2. The zero-order valence-corrected chi connectivity index (χ0v) is 18.7. The molecule has 0 aliphatic carbocycles. The first-order chi connectivity index (χ1) is 15.4. The fourth-order valence-electron chi connectivity index (χ4n) is 3.81. The van der Waals surface area contributed by atoms with Gasteiger partial charge in [-0.05, 0) is 50.2 Å². The van der Waals surface area contributed by atoms with Crippen LogP contribution >= 0.6 is 0 Å². The van der Waals surface area contributed by atoms with Crippen molar-refractivity contribution in [3.8, 4) is 11.5 Å². The van der Waals surface area contributed by atoms with E-state index >= 15 is 0 Å². The van der Waals surface area contributed by atoms with Crippen molar-refractivity contribution >= 4 is 22.8 Å². The Balaban J connectivity index is 1.44. The number of nitrogens with zero attached hydrogens (tertiary/aromatic N) is 4. The Hall–Kier alpha value is -3.68. The van der Waals surface area contributed by atoms with E-state index < -0.39 is 0 Å². The zero-order chi connectivity index (χ0) is 22.8. The summed E-state index contributed by atoms with van der Waals surface area (Å²) >= 11 is 0. The molecule has 1 aliphatic rings. The molecule has 8 nitrogen and oxygen atoms in total. The van der Waals surface area contributed by atoms with Gasteiger partial charge < -0.3 is 19.3 Å². The molecule has 0 atom stereocenters. The van der Waals surface area contributed by atoms with Gasteiger partial charge in [0.05, 0.1) is 36.6 Å². The summed E-state index contributed by atoms with van der Waals surface area (Å²) in [5, 5.41) is 0. The normalized spacial score (nSPS) is 13.9. The van der Waals surface area contributed by atoms with Crippen LogP contribution in [0.15, 0.2) is 36.4 Å². The lowest BCUT2D eigenvalue weighted by Gasteiger charge is -2.35. The maximum Gasteiger partial charge on any atom is 0.254 e. The number of hydrogen-bond donors (Lipinski definition) is 0. The van der Waals surface area contributed by atoms with Crippen molar-refractivity contribution in [3.63, 3.8) is 0 Å². The quantitative estimate of drug-likeness (QED) is 0.628. The third-order valence-corrected chi connectivity index (χ3v) is 5.81. The lowest BCUT2D eigenvalue weighted by molar-refractivity contribution is 0.0535. The van der Waals surface area contributed by atoms with Crippen LogP contribution in [0.3, 0.4) is 0 Å². The summed E-state index contributed by atoms with van der Waals surface area (Å²) < 4.78 is 10.5. The molecule has 3 aromatic rings. The molecule has 32 heavy (non-hydrogen) atoms. The van der Waals surface area contributed by atoms with Crippen LogP contribution < -0.4 is 9.47 Å². The summed E-state index contributed by atoms with van der Waals surface area (Å²) in [6.45, 7) is 5.69. The number of methoxy groups -OCH3 is 2. The van der Waals surface area contributed by atoms with Gasteiger partial charge in [-0.25, -0.2) is 9.97 Å². The van der Waals surface area contributed by atoms with E-state index in [2.05, 4.69) is 9.97 Å². The summed E-state index contributed by atoms with van der Waals surface area (Å²) in [5.41, 5.74) is 4.32. The molecule has 0 radical (unpaired) electrons. The van der Waals surface area contributed by atoms with E-state index in [1.165, 1.54) is 7.11 Å². The van der Waals surface area contributed by atoms with Gasteiger partial charge in [0.1, 0.15) is 0 Å². The Morgan fingerprint density at radius 3 is 1.78 bits per heavy atom. The highest BCUT2D eigenvalue weighted by molar-refractivity contribution is 5.98. The first kappa shape index (κ1) is 21.5. The highest BCUT2D eigenvalue weighted by Gasteiger charge is 2.26. The second-order valence-electron chi connectivity index (χ2n) is 7.75. The molecule has 166 valence electrons. The van der Waals surface area contributed by atoms with Crippen LogP contribution in [0.25, 0.3) is 11.0 Å². The smallest absolute Gasteiger partial charge is 0.254 e. The van der Waals surface area contributed by atoms with Crippen molar-refractivity contribution in [2.45, 2.75) is 13.8 Å². The molecule has 4 rings (SSSR count). The fraction of sp³-hybridized carbons (Fsp3) is 0.333. The Kier molecular flexibility index (Phi) is 5.94. The first-order valence-corrected chi connectivity index (χ1v) is 10.5. The third-order valence-electron chi connectivity index (χ3n) is 5.81. The maximum absolute atomic E-state index is 13.0. The molecule has 1 aliphatic heterocycles. The molecule has 8 heteroatoms. The molecule has 0 unspecified atom stereocenters. The number of aromatic nitrogens is 2.